The molecule has 2 rings (SSSR count). The zero-order chi connectivity index (χ0) is 17.5. The highest BCUT2D eigenvalue weighted by molar-refractivity contribution is 5.95. The number of benzene rings is 2. The lowest BCUT2D eigenvalue weighted by atomic mass is 10.1. The van der Waals surface area contributed by atoms with Gasteiger partial charge in [-0.25, -0.2) is 0 Å². The van der Waals surface area contributed by atoms with E-state index in [1.165, 1.54) is 5.56 Å². The number of carbonyl (C=O) groups is 1. The monoisotopic (exact) mass is 326 g/mol. The number of ether oxygens (including phenoxy) is 1. The molecule has 24 heavy (non-hydrogen) atoms. The summed E-state index contributed by atoms with van der Waals surface area (Å²) in [6.45, 7) is 6.04. The van der Waals surface area contributed by atoms with E-state index in [4.69, 9.17) is 10.5 Å². The highest BCUT2D eigenvalue weighted by atomic mass is 16.5. The maximum absolute atomic E-state index is 12.2. The second-order valence-electron chi connectivity index (χ2n) is 6.35. The first-order valence-electron chi connectivity index (χ1n) is 8.36. The van der Waals surface area contributed by atoms with Crippen LogP contribution >= 0.6 is 0 Å². The second-order valence-corrected chi connectivity index (χ2v) is 6.35. The number of rotatable bonds is 7. The van der Waals surface area contributed by atoms with E-state index in [9.17, 15) is 4.79 Å². The van der Waals surface area contributed by atoms with Crippen LogP contribution in [0.25, 0.3) is 0 Å². The smallest absolute Gasteiger partial charge is 0.251 e. The number of nitrogens with two attached hydrogens (primary N) is 1. The fourth-order valence-corrected chi connectivity index (χ4v) is 2.45. The molecule has 0 aliphatic heterocycles. The summed E-state index contributed by atoms with van der Waals surface area (Å²) >= 11 is 0. The van der Waals surface area contributed by atoms with Crippen molar-refractivity contribution in [3.8, 4) is 5.75 Å². The summed E-state index contributed by atoms with van der Waals surface area (Å²) < 4.78 is 5.64. The summed E-state index contributed by atoms with van der Waals surface area (Å²) in [5, 5.41) is 3.01. The van der Waals surface area contributed by atoms with Crippen LogP contribution in [0.15, 0.2) is 48.5 Å². The van der Waals surface area contributed by atoms with Crippen molar-refractivity contribution < 1.29 is 9.53 Å². The number of anilines is 1. The van der Waals surface area contributed by atoms with Crippen molar-refractivity contribution in [1.29, 1.82) is 0 Å². The van der Waals surface area contributed by atoms with Crippen LogP contribution in [0.4, 0.5) is 5.69 Å². The van der Waals surface area contributed by atoms with E-state index < -0.39 is 0 Å². The molecule has 4 nitrogen and oxygen atoms in total. The van der Waals surface area contributed by atoms with E-state index in [0.717, 1.165) is 18.6 Å². The van der Waals surface area contributed by atoms with Gasteiger partial charge in [-0.1, -0.05) is 18.2 Å². The van der Waals surface area contributed by atoms with Gasteiger partial charge in [-0.3, -0.25) is 4.79 Å². The summed E-state index contributed by atoms with van der Waals surface area (Å²) in [7, 11) is 0. The Balaban J connectivity index is 1.82. The Morgan fingerprint density at radius 1 is 1.12 bits per heavy atom. The van der Waals surface area contributed by atoms with Gasteiger partial charge < -0.3 is 15.8 Å². The van der Waals surface area contributed by atoms with E-state index in [-0.39, 0.29) is 18.1 Å². The quantitative estimate of drug-likeness (QED) is 0.761. The molecule has 0 fully saturated rings. The molecule has 1 amide bonds. The number of hydrogen-bond acceptors (Lipinski definition) is 3. The molecule has 2 aromatic carbocycles. The predicted molar refractivity (Wildman–Crippen MR) is 98.3 cm³/mol. The first-order valence-corrected chi connectivity index (χ1v) is 8.36. The molecule has 0 spiro atoms. The molecule has 2 aromatic rings. The van der Waals surface area contributed by atoms with Crippen LogP contribution in [0.5, 0.6) is 5.75 Å². The van der Waals surface area contributed by atoms with Gasteiger partial charge in [0.1, 0.15) is 5.75 Å². The van der Waals surface area contributed by atoms with Gasteiger partial charge in [0.2, 0.25) is 0 Å². The average molecular weight is 326 g/mol. The first kappa shape index (κ1) is 17.9. The highest BCUT2D eigenvalue weighted by Gasteiger charge is 2.10. The van der Waals surface area contributed by atoms with Gasteiger partial charge in [0.25, 0.3) is 5.91 Å². The molecule has 0 aliphatic rings. The Kier molecular flexibility index (Phi) is 6.24. The van der Waals surface area contributed by atoms with E-state index in [2.05, 4.69) is 17.4 Å². The van der Waals surface area contributed by atoms with E-state index in [1.807, 2.05) is 32.9 Å². The number of amides is 1. The predicted octanol–water partition coefficient (Wildman–Crippen LogP) is 3.81. The molecule has 0 saturated carbocycles. The number of aryl methyl sites for hydroxylation is 1. The Morgan fingerprint density at radius 2 is 1.83 bits per heavy atom. The zero-order valence-corrected chi connectivity index (χ0v) is 14.6. The molecule has 4 heteroatoms. The molecule has 3 N–H and O–H groups in total. The third kappa shape index (κ3) is 5.61. The van der Waals surface area contributed by atoms with Crippen molar-refractivity contribution in [3.63, 3.8) is 0 Å². The topological polar surface area (TPSA) is 64.3 Å². The van der Waals surface area contributed by atoms with Crippen LogP contribution in [0.3, 0.4) is 0 Å². The largest absolute Gasteiger partial charge is 0.491 e. The SMILES string of the molecule is CC(CCc1ccc(OC(C)C)cc1)NC(=O)c1cccc(N)c1. The molecule has 0 aliphatic carbocycles. The van der Waals surface area contributed by atoms with Crippen molar-refractivity contribution in [2.45, 2.75) is 45.8 Å². The summed E-state index contributed by atoms with van der Waals surface area (Å²) in [5.74, 6) is 0.798. The molecule has 0 radical (unpaired) electrons. The third-order valence-electron chi connectivity index (χ3n) is 3.69. The molecule has 0 saturated heterocycles. The molecule has 0 bridgehead atoms. The summed E-state index contributed by atoms with van der Waals surface area (Å²) in [4.78, 5) is 12.2. The van der Waals surface area contributed by atoms with Crippen molar-refractivity contribution in [2.24, 2.45) is 0 Å². The van der Waals surface area contributed by atoms with Crippen molar-refractivity contribution in [2.75, 3.05) is 5.73 Å². The van der Waals surface area contributed by atoms with E-state index in [1.54, 1.807) is 24.3 Å². The number of nitrogens with one attached hydrogen (secondary N) is 1. The lowest BCUT2D eigenvalue weighted by Crippen LogP contribution is -2.32. The maximum Gasteiger partial charge on any atom is 0.251 e. The number of nitrogen functional groups attached to an aromatic ring is 1. The van der Waals surface area contributed by atoms with Crippen LogP contribution in [-0.4, -0.2) is 18.1 Å². The zero-order valence-electron chi connectivity index (χ0n) is 14.6. The lowest BCUT2D eigenvalue weighted by molar-refractivity contribution is 0.0938. The first-order chi connectivity index (χ1) is 11.4. The minimum Gasteiger partial charge on any atom is -0.491 e. The lowest BCUT2D eigenvalue weighted by Gasteiger charge is -2.14. The minimum atomic E-state index is -0.0875. The van der Waals surface area contributed by atoms with E-state index in [0.29, 0.717) is 11.3 Å². The van der Waals surface area contributed by atoms with Crippen molar-refractivity contribution in [3.05, 3.63) is 59.7 Å². The van der Waals surface area contributed by atoms with Crippen LogP contribution in [0.1, 0.15) is 43.1 Å². The highest BCUT2D eigenvalue weighted by Crippen LogP contribution is 2.15. The summed E-state index contributed by atoms with van der Waals surface area (Å²) in [6, 6.07) is 15.2. The minimum absolute atomic E-state index is 0.0875. The molecule has 0 heterocycles. The summed E-state index contributed by atoms with van der Waals surface area (Å²) in [6.07, 6.45) is 1.96. The van der Waals surface area contributed by atoms with Crippen molar-refractivity contribution >= 4 is 11.6 Å². The van der Waals surface area contributed by atoms with Gasteiger partial charge in [0.05, 0.1) is 6.10 Å². The molecular formula is C20H26N2O2. The van der Waals surface area contributed by atoms with E-state index >= 15 is 0 Å². The molecule has 1 atom stereocenters. The Labute approximate surface area is 144 Å². The Hall–Kier alpha value is -2.49. The van der Waals surface area contributed by atoms with Gasteiger partial charge in [-0.05, 0) is 69.5 Å². The van der Waals surface area contributed by atoms with Gasteiger partial charge >= 0.3 is 0 Å². The molecule has 128 valence electrons. The molecular weight excluding hydrogens is 300 g/mol. The van der Waals surface area contributed by atoms with Crippen LogP contribution in [-0.2, 0) is 6.42 Å². The fraction of sp³-hybridized carbons (Fsp3) is 0.350. The average Bonchev–Trinajstić information content (AvgIpc) is 2.53. The normalized spacial score (nSPS) is 12.0. The molecule has 0 aromatic heterocycles. The van der Waals surface area contributed by atoms with Crippen molar-refractivity contribution in [1.82, 2.24) is 5.32 Å². The Bertz CT molecular complexity index is 666. The Morgan fingerprint density at radius 3 is 2.46 bits per heavy atom. The van der Waals surface area contributed by atoms with Gasteiger partial charge in [0, 0.05) is 17.3 Å². The molecule has 1 unspecified atom stereocenters. The standard InChI is InChI=1S/C20H26N2O2/c1-14(2)24-19-11-9-16(10-12-19)8-7-15(3)22-20(23)17-5-4-6-18(21)13-17/h4-6,9-15H,7-8,21H2,1-3H3,(H,22,23). The van der Waals surface area contributed by atoms with Gasteiger partial charge in [0.15, 0.2) is 0 Å². The summed E-state index contributed by atoms with van der Waals surface area (Å²) in [5.41, 5.74) is 8.14. The third-order valence-corrected chi connectivity index (χ3v) is 3.69. The van der Waals surface area contributed by atoms with Crippen LogP contribution in [0.2, 0.25) is 0 Å². The van der Waals surface area contributed by atoms with Crippen LogP contribution in [0, 0.1) is 0 Å². The van der Waals surface area contributed by atoms with Crippen LogP contribution < -0.4 is 15.8 Å². The maximum atomic E-state index is 12.2. The van der Waals surface area contributed by atoms with Gasteiger partial charge in [-0.15, -0.1) is 0 Å². The van der Waals surface area contributed by atoms with Gasteiger partial charge in [-0.2, -0.15) is 0 Å². The number of hydrogen-bond donors (Lipinski definition) is 2. The number of carbonyl (C=O) groups excluding carboxylic acids is 1. The second kappa shape index (κ2) is 8.39. The fourth-order valence-electron chi connectivity index (χ4n) is 2.45.